The van der Waals surface area contributed by atoms with E-state index in [0.717, 1.165) is 38.2 Å². The monoisotopic (exact) mass is 290 g/mol. The molecule has 1 aliphatic heterocycles. The first kappa shape index (κ1) is 15.8. The van der Waals surface area contributed by atoms with Crippen molar-refractivity contribution in [1.29, 1.82) is 0 Å². The van der Waals surface area contributed by atoms with Gasteiger partial charge in [0.05, 0.1) is 6.61 Å². The summed E-state index contributed by atoms with van der Waals surface area (Å²) < 4.78 is 5.63. The number of carbonyl (C=O) groups is 1. The van der Waals surface area contributed by atoms with E-state index in [4.69, 9.17) is 4.74 Å². The highest BCUT2D eigenvalue weighted by Crippen LogP contribution is 2.13. The van der Waals surface area contributed by atoms with E-state index < -0.39 is 0 Å². The Labute approximate surface area is 127 Å². The Morgan fingerprint density at radius 1 is 1.33 bits per heavy atom. The molecule has 4 nitrogen and oxygen atoms in total. The zero-order valence-electron chi connectivity index (χ0n) is 13.1. The molecule has 1 saturated heterocycles. The molecule has 0 aliphatic carbocycles. The molecule has 1 heterocycles. The van der Waals surface area contributed by atoms with Crippen molar-refractivity contribution in [2.45, 2.75) is 38.6 Å². The number of rotatable bonds is 5. The van der Waals surface area contributed by atoms with Gasteiger partial charge in [0, 0.05) is 25.0 Å². The summed E-state index contributed by atoms with van der Waals surface area (Å²) in [5.41, 5.74) is 0.00665. The number of ether oxygens (including phenoxy) is 1. The Hall–Kier alpha value is -1.55. The molecule has 21 heavy (non-hydrogen) atoms. The Morgan fingerprint density at radius 3 is 2.86 bits per heavy atom. The molecule has 0 radical (unpaired) electrons. The summed E-state index contributed by atoms with van der Waals surface area (Å²) in [6.45, 7) is 7.51. The first-order valence-electron chi connectivity index (χ1n) is 7.77. The summed E-state index contributed by atoms with van der Waals surface area (Å²) in [5.74, 6) is 1.11. The van der Waals surface area contributed by atoms with Gasteiger partial charge in [0.15, 0.2) is 0 Å². The van der Waals surface area contributed by atoms with Crippen LogP contribution in [0.5, 0.6) is 5.75 Å². The molecule has 1 aromatic rings. The van der Waals surface area contributed by atoms with Gasteiger partial charge in [0.1, 0.15) is 5.75 Å². The van der Waals surface area contributed by atoms with E-state index in [0.29, 0.717) is 13.0 Å². The lowest BCUT2D eigenvalue weighted by atomic mass is 10.1. The smallest absolute Gasteiger partial charge is 0.222 e. The molecule has 1 aliphatic rings. The van der Waals surface area contributed by atoms with Gasteiger partial charge in [-0.05, 0) is 45.4 Å². The largest absolute Gasteiger partial charge is 0.494 e. The maximum Gasteiger partial charge on any atom is 0.222 e. The molecule has 0 spiro atoms. The molecule has 0 bridgehead atoms. The predicted molar refractivity (Wildman–Crippen MR) is 84.4 cm³/mol. The molecule has 116 valence electrons. The van der Waals surface area contributed by atoms with Gasteiger partial charge in [-0.2, -0.15) is 0 Å². The van der Waals surface area contributed by atoms with Gasteiger partial charge in [-0.1, -0.05) is 18.2 Å². The van der Waals surface area contributed by atoms with Crippen LogP contribution >= 0.6 is 0 Å². The van der Waals surface area contributed by atoms with Gasteiger partial charge in [0.25, 0.3) is 0 Å². The molecule has 1 amide bonds. The van der Waals surface area contributed by atoms with Crippen LogP contribution in [0.4, 0.5) is 0 Å². The first-order chi connectivity index (χ1) is 10.1. The van der Waals surface area contributed by atoms with Crippen LogP contribution in [0.2, 0.25) is 0 Å². The Bertz CT molecular complexity index is 445. The second kappa shape index (κ2) is 7.46. The number of para-hydroxylation sites is 1. The van der Waals surface area contributed by atoms with E-state index in [-0.39, 0.29) is 11.4 Å². The van der Waals surface area contributed by atoms with Gasteiger partial charge < -0.3 is 15.0 Å². The summed E-state index contributed by atoms with van der Waals surface area (Å²) in [6.07, 6.45) is 2.34. The minimum Gasteiger partial charge on any atom is -0.494 e. The molecule has 4 heteroatoms. The lowest BCUT2D eigenvalue weighted by Crippen LogP contribution is -2.47. The Balaban J connectivity index is 1.71. The predicted octanol–water partition coefficient (Wildman–Crippen LogP) is 2.45. The number of carbonyl (C=O) groups excluding carboxylic acids is 1. The zero-order valence-corrected chi connectivity index (χ0v) is 13.1. The second-order valence-electron chi connectivity index (χ2n) is 6.24. The van der Waals surface area contributed by atoms with E-state index in [1.165, 1.54) is 0 Å². The Kier molecular flexibility index (Phi) is 5.62. The van der Waals surface area contributed by atoms with Gasteiger partial charge in [-0.15, -0.1) is 0 Å². The molecular formula is C17H26N2O2. The van der Waals surface area contributed by atoms with Crippen LogP contribution in [0.15, 0.2) is 30.3 Å². The average molecular weight is 290 g/mol. The zero-order chi connectivity index (χ0) is 15.1. The van der Waals surface area contributed by atoms with Crippen LogP contribution < -0.4 is 10.1 Å². The van der Waals surface area contributed by atoms with Crippen molar-refractivity contribution >= 4 is 5.91 Å². The summed E-state index contributed by atoms with van der Waals surface area (Å²) >= 11 is 0. The van der Waals surface area contributed by atoms with Crippen LogP contribution in [-0.4, -0.2) is 42.6 Å². The summed E-state index contributed by atoms with van der Waals surface area (Å²) in [7, 11) is 0. The summed E-state index contributed by atoms with van der Waals surface area (Å²) in [4.78, 5) is 14.3. The number of nitrogens with one attached hydrogen (secondary N) is 1. The normalized spacial score (nSPS) is 18.1. The van der Waals surface area contributed by atoms with E-state index in [1.54, 1.807) is 0 Å². The first-order valence-corrected chi connectivity index (χ1v) is 7.77. The highest BCUT2D eigenvalue weighted by molar-refractivity contribution is 5.76. The quantitative estimate of drug-likeness (QED) is 0.847. The number of amides is 1. The molecule has 0 atom stereocenters. The molecule has 1 N–H and O–H groups in total. The standard InChI is InChI=1S/C17H26N2O2/c1-17(2)14-19(12-7-11-18-17)16(20)10-6-13-21-15-8-4-3-5-9-15/h3-5,8-9,18H,6-7,10-14H2,1-2H3. The third-order valence-electron chi connectivity index (χ3n) is 3.69. The van der Waals surface area contributed by atoms with Gasteiger partial charge >= 0.3 is 0 Å². The highest BCUT2D eigenvalue weighted by Gasteiger charge is 2.26. The van der Waals surface area contributed by atoms with Crippen molar-refractivity contribution < 1.29 is 9.53 Å². The van der Waals surface area contributed by atoms with Crippen LogP contribution in [0.3, 0.4) is 0 Å². The number of benzene rings is 1. The van der Waals surface area contributed by atoms with Crippen LogP contribution in [0.1, 0.15) is 33.1 Å². The Morgan fingerprint density at radius 2 is 2.10 bits per heavy atom. The number of hydrogen-bond acceptors (Lipinski definition) is 3. The van der Waals surface area contributed by atoms with E-state index in [9.17, 15) is 4.79 Å². The van der Waals surface area contributed by atoms with Gasteiger partial charge in [-0.3, -0.25) is 4.79 Å². The van der Waals surface area contributed by atoms with Crippen LogP contribution in [-0.2, 0) is 4.79 Å². The van der Waals surface area contributed by atoms with Crippen LogP contribution in [0.25, 0.3) is 0 Å². The lowest BCUT2D eigenvalue weighted by molar-refractivity contribution is -0.132. The topological polar surface area (TPSA) is 41.6 Å². The maximum absolute atomic E-state index is 12.3. The van der Waals surface area contributed by atoms with Crippen molar-refractivity contribution in [2.75, 3.05) is 26.2 Å². The molecule has 0 unspecified atom stereocenters. The maximum atomic E-state index is 12.3. The third-order valence-corrected chi connectivity index (χ3v) is 3.69. The fraction of sp³-hybridized carbons (Fsp3) is 0.588. The van der Waals surface area contributed by atoms with E-state index in [1.807, 2.05) is 35.2 Å². The molecular weight excluding hydrogens is 264 g/mol. The molecule has 0 saturated carbocycles. The second-order valence-corrected chi connectivity index (χ2v) is 6.24. The van der Waals surface area contributed by atoms with Crippen molar-refractivity contribution in [2.24, 2.45) is 0 Å². The van der Waals surface area contributed by atoms with Crippen molar-refractivity contribution in [3.63, 3.8) is 0 Å². The fourth-order valence-electron chi connectivity index (χ4n) is 2.61. The van der Waals surface area contributed by atoms with Gasteiger partial charge in [0.2, 0.25) is 5.91 Å². The van der Waals surface area contributed by atoms with Crippen LogP contribution in [0, 0.1) is 0 Å². The van der Waals surface area contributed by atoms with Crippen molar-refractivity contribution in [3.05, 3.63) is 30.3 Å². The summed E-state index contributed by atoms with van der Waals surface area (Å²) in [5, 5.41) is 3.48. The SMILES string of the molecule is CC1(C)CN(C(=O)CCCOc2ccccc2)CCCN1. The number of nitrogens with zero attached hydrogens (tertiary/aromatic N) is 1. The van der Waals surface area contributed by atoms with E-state index >= 15 is 0 Å². The fourth-order valence-corrected chi connectivity index (χ4v) is 2.61. The van der Waals surface area contributed by atoms with Crippen molar-refractivity contribution in [1.82, 2.24) is 10.2 Å². The molecule has 0 aromatic heterocycles. The minimum atomic E-state index is 0.00665. The van der Waals surface area contributed by atoms with Crippen molar-refractivity contribution in [3.8, 4) is 5.75 Å². The van der Waals surface area contributed by atoms with Gasteiger partial charge in [-0.25, -0.2) is 0 Å². The highest BCUT2D eigenvalue weighted by atomic mass is 16.5. The minimum absolute atomic E-state index is 0.00665. The molecule has 1 fully saturated rings. The number of hydrogen-bond donors (Lipinski definition) is 1. The summed E-state index contributed by atoms with van der Waals surface area (Å²) in [6, 6.07) is 9.74. The molecule has 1 aromatic carbocycles. The molecule has 2 rings (SSSR count). The lowest BCUT2D eigenvalue weighted by Gasteiger charge is -2.30. The third kappa shape index (κ3) is 5.38. The average Bonchev–Trinajstić information content (AvgIpc) is 2.65. The van der Waals surface area contributed by atoms with E-state index in [2.05, 4.69) is 19.2 Å².